The van der Waals surface area contributed by atoms with Crippen molar-refractivity contribution < 1.29 is 19.1 Å². The Bertz CT molecular complexity index is 841. The van der Waals surface area contributed by atoms with E-state index in [1.807, 2.05) is 43.3 Å². The Morgan fingerprint density at radius 3 is 2.30 bits per heavy atom. The van der Waals surface area contributed by atoms with Crippen molar-refractivity contribution in [2.75, 3.05) is 31.7 Å². The quantitative estimate of drug-likeness (QED) is 0.699. The lowest BCUT2D eigenvalue weighted by Crippen LogP contribution is -2.45. The molecule has 0 atom stereocenters. The van der Waals surface area contributed by atoms with E-state index in [0.717, 1.165) is 29.8 Å². The molecule has 0 aromatic heterocycles. The molecule has 1 saturated heterocycles. The molecule has 2 aromatic rings. The number of ether oxygens (including phenoxy) is 2. The molecule has 30 heavy (non-hydrogen) atoms. The van der Waals surface area contributed by atoms with Gasteiger partial charge in [0.1, 0.15) is 5.75 Å². The van der Waals surface area contributed by atoms with Crippen molar-refractivity contribution in [1.29, 1.82) is 0 Å². The van der Waals surface area contributed by atoms with Crippen LogP contribution in [0.2, 0.25) is 0 Å². The van der Waals surface area contributed by atoms with Crippen molar-refractivity contribution in [3.05, 3.63) is 59.7 Å². The van der Waals surface area contributed by atoms with Gasteiger partial charge in [-0.05, 0) is 55.2 Å². The number of benzene rings is 2. The van der Waals surface area contributed by atoms with E-state index in [0.29, 0.717) is 32.8 Å². The molecule has 6 heteroatoms. The van der Waals surface area contributed by atoms with Crippen LogP contribution in [0.25, 0.3) is 0 Å². The van der Waals surface area contributed by atoms with Crippen LogP contribution >= 0.6 is 0 Å². The first kappa shape index (κ1) is 21.8. The van der Waals surface area contributed by atoms with Gasteiger partial charge in [0.2, 0.25) is 11.8 Å². The number of anilines is 1. The summed E-state index contributed by atoms with van der Waals surface area (Å²) in [6.45, 7) is 6.03. The van der Waals surface area contributed by atoms with E-state index in [9.17, 15) is 9.59 Å². The van der Waals surface area contributed by atoms with Crippen molar-refractivity contribution in [2.45, 2.75) is 38.5 Å². The molecule has 0 spiro atoms. The van der Waals surface area contributed by atoms with Gasteiger partial charge in [0, 0.05) is 37.8 Å². The first-order valence-electron chi connectivity index (χ1n) is 10.4. The van der Waals surface area contributed by atoms with E-state index >= 15 is 0 Å². The molecule has 3 rings (SSSR count). The second-order valence-electron chi connectivity index (χ2n) is 7.68. The SMILES string of the molecule is CCOc1ccc(C2(CNC(=O)Cc3ccc(NC(C)=O)cc3)CCOCC2)cc1. The molecule has 2 amide bonds. The van der Waals surface area contributed by atoms with Gasteiger partial charge in [-0.1, -0.05) is 24.3 Å². The predicted octanol–water partition coefficient (Wildman–Crippen LogP) is 3.45. The molecule has 1 aliphatic heterocycles. The largest absolute Gasteiger partial charge is 0.494 e. The highest BCUT2D eigenvalue weighted by molar-refractivity contribution is 5.88. The van der Waals surface area contributed by atoms with Crippen LogP contribution in [0.3, 0.4) is 0 Å². The van der Waals surface area contributed by atoms with Crippen molar-refractivity contribution in [3.63, 3.8) is 0 Å². The summed E-state index contributed by atoms with van der Waals surface area (Å²) < 4.78 is 11.1. The number of amides is 2. The van der Waals surface area contributed by atoms with Gasteiger partial charge in [0.15, 0.2) is 0 Å². The molecule has 1 aliphatic rings. The third-order valence-electron chi connectivity index (χ3n) is 5.49. The number of nitrogens with one attached hydrogen (secondary N) is 2. The molecule has 0 aliphatic carbocycles. The molecule has 1 heterocycles. The highest BCUT2D eigenvalue weighted by Gasteiger charge is 2.34. The van der Waals surface area contributed by atoms with Crippen LogP contribution in [-0.4, -0.2) is 38.2 Å². The average Bonchev–Trinajstić information content (AvgIpc) is 2.75. The topological polar surface area (TPSA) is 76.7 Å². The predicted molar refractivity (Wildman–Crippen MR) is 117 cm³/mol. The highest BCUT2D eigenvalue weighted by atomic mass is 16.5. The first-order valence-corrected chi connectivity index (χ1v) is 10.4. The number of hydrogen-bond acceptors (Lipinski definition) is 4. The number of carbonyl (C=O) groups excluding carboxylic acids is 2. The minimum atomic E-state index is -0.131. The second-order valence-corrected chi connectivity index (χ2v) is 7.68. The molecule has 6 nitrogen and oxygen atoms in total. The van der Waals surface area contributed by atoms with Gasteiger partial charge >= 0.3 is 0 Å². The zero-order valence-corrected chi connectivity index (χ0v) is 17.7. The molecule has 0 unspecified atom stereocenters. The maximum Gasteiger partial charge on any atom is 0.224 e. The van der Waals surface area contributed by atoms with Crippen LogP contribution in [0.1, 0.15) is 37.8 Å². The summed E-state index contributed by atoms with van der Waals surface area (Å²) in [5.74, 6) is 0.728. The van der Waals surface area contributed by atoms with E-state index in [2.05, 4.69) is 22.8 Å². The van der Waals surface area contributed by atoms with Crippen molar-refractivity contribution in [1.82, 2.24) is 5.32 Å². The Morgan fingerprint density at radius 2 is 1.70 bits per heavy atom. The van der Waals surface area contributed by atoms with E-state index in [4.69, 9.17) is 9.47 Å². The molecular weight excluding hydrogens is 380 g/mol. The molecule has 2 aromatic carbocycles. The summed E-state index contributed by atoms with van der Waals surface area (Å²) in [5.41, 5.74) is 2.70. The van der Waals surface area contributed by atoms with E-state index in [1.165, 1.54) is 12.5 Å². The van der Waals surface area contributed by atoms with Gasteiger partial charge in [-0.2, -0.15) is 0 Å². The van der Waals surface area contributed by atoms with Gasteiger partial charge in [-0.15, -0.1) is 0 Å². The summed E-state index contributed by atoms with van der Waals surface area (Å²) in [5, 5.41) is 5.86. The molecule has 0 bridgehead atoms. The maximum absolute atomic E-state index is 12.6. The van der Waals surface area contributed by atoms with Gasteiger partial charge in [-0.3, -0.25) is 9.59 Å². The molecular formula is C24H30N2O4. The van der Waals surface area contributed by atoms with Crippen LogP contribution < -0.4 is 15.4 Å². The number of rotatable bonds is 8. The maximum atomic E-state index is 12.6. The highest BCUT2D eigenvalue weighted by Crippen LogP contribution is 2.35. The van der Waals surface area contributed by atoms with Gasteiger partial charge in [0.05, 0.1) is 13.0 Å². The summed E-state index contributed by atoms with van der Waals surface area (Å²) in [6.07, 6.45) is 2.04. The average molecular weight is 411 g/mol. The number of hydrogen-bond donors (Lipinski definition) is 2. The summed E-state index contributed by atoms with van der Waals surface area (Å²) in [7, 11) is 0. The lowest BCUT2D eigenvalue weighted by atomic mass is 9.74. The Kier molecular flexibility index (Phi) is 7.46. The van der Waals surface area contributed by atoms with Crippen molar-refractivity contribution in [3.8, 4) is 5.75 Å². The Labute approximate surface area is 178 Å². The summed E-state index contributed by atoms with van der Waals surface area (Å²) >= 11 is 0. The Hall–Kier alpha value is -2.86. The summed E-state index contributed by atoms with van der Waals surface area (Å²) in [6, 6.07) is 15.5. The normalized spacial score (nSPS) is 15.3. The lowest BCUT2D eigenvalue weighted by Gasteiger charge is -2.38. The fraction of sp³-hybridized carbons (Fsp3) is 0.417. The fourth-order valence-corrected chi connectivity index (χ4v) is 3.83. The lowest BCUT2D eigenvalue weighted by molar-refractivity contribution is -0.121. The van der Waals surface area contributed by atoms with Crippen LogP contribution in [0.4, 0.5) is 5.69 Å². The van der Waals surface area contributed by atoms with Crippen LogP contribution in [0, 0.1) is 0 Å². The van der Waals surface area contributed by atoms with Crippen molar-refractivity contribution >= 4 is 17.5 Å². The van der Waals surface area contributed by atoms with Gasteiger partial charge < -0.3 is 20.1 Å². The van der Waals surface area contributed by atoms with Crippen LogP contribution in [0.5, 0.6) is 5.75 Å². The standard InChI is InChI=1S/C24H30N2O4/c1-3-30-22-10-6-20(7-11-22)24(12-14-29-15-13-24)17-25-23(28)16-19-4-8-21(9-5-19)26-18(2)27/h4-11H,3,12-17H2,1-2H3,(H,25,28)(H,26,27). The molecule has 0 saturated carbocycles. The fourth-order valence-electron chi connectivity index (χ4n) is 3.83. The van der Waals surface area contributed by atoms with E-state index < -0.39 is 0 Å². The second kappa shape index (κ2) is 10.3. The Balaban J connectivity index is 1.62. The van der Waals surface area contributed by atoms with E-state index in [1.54, 1.807) is 0 Å². The third kappa shape index (κ3) is 5.83. The van der Waals surface area contributed by atoms with Gasteiger partial charge in [0.25, 0.3) is 0 Å². The molecule has 160 valence electrons. The van der Waals surface area contributed by atoms with Crippen LogP contribution in [-0.2, 0) is 26.2 Å². The number of carbonyl (C=O) groups is 2. The summed E-state index contributed by atoms with van der Waals surface area (Å²) in [4.78, 5) is 23.7. The first-order chi connectivity index (χ1) is 14.5. The zero-order chi connectivity index (χ0) is 21.4. The Morgan fingerprint density at radius 1 is 1.03 bits per heavy atom. The minimum Gasteiger partial charge on any atom is -0.494 e. The van der Waals surface area contributed by atoms with Crippen LogP contribution in [0.15, 0.2) is 48.5 Å². The third-order valence-corrected chi connectivity index (χ3v) is 5.49. The van der Waals surface area contributed by atoms with Gasteiger partial charge in [-0.25, -0.2) is 0 Å². The smallest absolute Gasteiger partial charge is 0.224 e. The van der Waals surface area contributed by atoms with Crippen molar-refractivity contribution in [2.24, 2.45) is 0 Å². The molecule has 2 N–H and O–H groups in total. The van der Waals surface area contributed by atoms with E-state index in [-0.39, 0.29) is 17.2 Å². The molecule has 0 radical (unpaired) electrons. The monoisotopic (exact) mass is 410 g/mol. The zero-order valence-electron chi connectivity index (χ0n) is 17.7. The minimum absolute atomic E-state index is 0.0147. The molecule has 1 fully saturated rings.